The van der Waals surface area contributed by atoms with Crippen LogP contribution in [0.4, 0.5) is 10.1 Å². The van der Waals surface area contributed by atoms with Gasteiger partial charge in [-0.25, -0.2) is 9.18 Å². The first-order valence-electron chi connectivity index (χ1n) is 7.93. The molecule has 132 valence electrons. The standard InChI is InChI=1S/C19H19BrFNO3/c1-3-12(2)14-6-4-5-7-17(14)22-18(23)11-25-19(24)15-9-8-13(21)10-16(15)20/h4-10,12H,3,11H2,1-2H3,(H,22,23)/t12-/m1/s1. The highest BCUT2D eigenvalue weighted by atomic mass is 79.9. The summed E-state index contributed by atoms with van der Waals surface area (Å²) in [6.07, 6.45) is 0.945. The molecule has 6 heteroatoms. The van der Waals surface area contributed by atoms with Crippen LogP contribution in [0.1, 0.15) is 42.1 Å². The third-order valence-electron chi connectivity index (χ3n) is 3.86. The molecule has 1 amide bonds. The average Bonchev–Trinajstić information content (AvgIpc) is 2.59. The number of esters is 1. The van der Waals surface area contributed by atoms with Crippen molar-refractivity contribution >= 4 is 33.5 Å². The van der Waals surface area contributed by atoms with Crippen molar-refractivity contribution in [2.24, 2.45) is 0 Å². The summed E-state index contributed by atoms with van der Waals surface area (Å²) in [5, 5.41) is 2.77. The zero-order valence-corrected chi connectivity index (χ0v) is 15.6. The summed E-state index contributed by atoms with van der Waals surface area (Å²) >= 11 is 3.10. The van der Waals surface area contributed by atoms with Crippen molar-refractivity contribution in [3.05, 3.63) is 63.9 Å². The highest BCUT2D eigenvalue weighted by molar-refractivity contribution is 9.10. The lowest BCUT2D eigenvalue weighted by molar-refractivity contribution is -0.119. The molecule has 1 N–H and O–H groups in total. The van der Waals surface area contributed by atoms with Gasteiger partial charge in [0.05, 0.1) is 5.56 Å². The quantitative estimate of drug-likeness (QED) is 0.692. The van der Waals surface area contributed by atoms with Crippen LogP contribution < -0.4 is 5.32 Å². The van der Waals surface area contributed by atoms with Crippen LogP contribution in [0.5, 0.6) is 0 Å². The van der Waals surface area contributed by atoms with Gasteiger partial charge < -0.3 is 10.1 Å². The number of carbonyl (C=O) groups excluding carboxylic acids is 2. The molecule has 0 saturated carbocycles. The topological polar surface area (TPSA) is 55.4 Å². The first-order chi connectivity index (χ1) is 11.9. The van der Waals surface area contributed by atoms with E-state index in [4.69, 9.17) is 4.74 Å². The highest BCUT2D eigenvalue weighted by Gasteiger charge is 2.15. The normalized spacial score (nSPS) is 11.7. The molecule has 2 rings (SSSR count). The fourth-order valence-corrected chi connectivity index (χ4v) is 2.82. The number of nitrogens with one attached hydrogen (secondary N) is 1. The van der Waals surface area contributed by atoms with Gasteiger partial charge in [-0.2, -0.15) is 0 Å². The van der Waals surface area contributed by atoms with Gasteiger partial charge in [-0.15, -0.1) is 0 Å². The van der Waals surface area contributed by atoms with Gasteiger partial charge in [0.25, 0.3) is 5.91 Å². The van der Waals surface area contributed by atoms with Gasteiger partial charge >= 0.3 is 5.97 Å². The smallest absolute Gasteiger partial charge is 0.339 e. The van der Waals surface area contributed by atoms with E-state index in [2.05, 4.69) is 35.1 Å². The van der Waals surface area contributed by atoms with Gasteiger partial charge in [0.2, 0.25) is 0 Å². The second kappa shape index (κ2) is 8.76. The molecule has 0 heterocycles. The van der Waals surface area contributed by atoms with Crippen LogP contribution >= 0.6 is 15.9 Å². The van der Waals surface area contributed by atoms with E-state index in [1.54, 1.807) is 0 Å². The molecule has 0 aliphatic carbocycles. The number of para-hydroxylation sites is 1. The molecule has 0 aliphatic heterocycles. The zero-order valence-electron chi connectivity index (χ0n) is 14.0. The minimum atomic E-state index is -0.697. The van der Waals surface area contributed by atoms with E-state index in [0.717, 1.165) is 18.1 Å². The number of hydrogen-bond acceptors (Lipinski definition) is 3. The van der Waals surface area contributed by atoms with Crippen molar-refractivity contribution < 1.29 is 18.7 Å². The van der Waals surface area contributed by atoms with Gasteiger partial charge in [-0.05, 0) is 58.1 Å². The van der Waals surface area contributed by atoms with E-state index in [1.165, 1.54) is 12.1 Å². The van der Waals surface area contributed by atoms with Crippen molar-refractivity contribution in [3.8, 4) is 0 Å². The molecule has 1 atom stereocenters. The monoisotopic (exact) mass is 407 g/mol. The molecule has 0 saturated heterocycles. The zero-order chi connectivity index (χ0) is 18.4. The van der Waals surface area contributed by atoms with E-state index >= 15 is 0 Å². The summed E-state index contributed by atoms with van der Waals surface area (Å²) in [6, 6.07) is 11.2. The van der Waals surface area contributed by atoms with Crippen LogP contribution in [0.2, 0.25) is 0 Å². The summed E-state index contributed by atoms with van der Waals surface area (Å²) in [7, 11) is 0. The second-order valence-corrected chi connectivity index (χ2v) is 6.50. The Kier molecular flexibility index (Phi) is 6.70. The van der Waals surface area contributed by atoms with E-state index in [0.29, 0.717) is 11.6 Å². The molecule has 0 bridgehead atoms. The molecular formula is C19H19BrFNO3. The van der Waals surface area contributed by atoms with Crippen LogP contribution in [0.15, 0.2) is 46.9 Å². The molecule has 0 fully saturated rings. The van der Waals surface area contributed by atoms with E-state index < -0.39 is 24.3 Å². The number of halogens is 2. The molecule has 25 heavy (non-hydrogen) atoms. The van der Waals surface area contributed by atoms with Gasteiger partial charge in [0.15, 0.2) is 6.61 Å². The molecule has 4 nitrogen and oxygen atoms in total. The number of carbonyl (C=O) groups is 2. The van der Waals surface area contributed by atoms with Gasteiger partial charge in [-0.3, -0.25) is 4.79 Å². The van der Waals surface area contributed by atoms with E-state index in [9.17, 15) is 14.0 Å². The molecule has 0 aliphatic rings. The van der Waals surface area contributed by atoms with Crippen molar-refractivity contribution in [2.75, 3.05) is 11.9 Å². The minimum Gasteiger partial charge on any atom is -0.452 e. The third-order valence-corrected chi connectivity index (χ3v) is 4.52. The maximum atomic E-state index is 13.1. The lowest BCUT2D eigenvalue weighted by Crippen LogP contribution is -2.22. The predicted molar refractivity (Wildman–Crippen MR) is 98.2 cm³/mol. The SMILES string of the molecule is CC[C@@H](C)c1ccccc1NC(=O)COC(=O)c1ccc(F)cc1Br. The maximum absolute atomic E-state index is 13.1. The van der Waals surface area contributed by atoms with Crippen LogP contribution in [0.3, 0.4) is 0 Å². The number of anilines is 1. The minimum absolute atomic E-state index is 0.161. The Labute approximate surface area is 154 Å². The number of benzene rings is 2. The summed E-state index contributed by atoms with van der Waals surface area (Å²) in [6.45, 7) is 3.74. The Hall–Kier alpha value is -2.21. The van der Waals surface area contributed by atoms with Crippen molar-refractivity contribution in [1.82, 2.24) is 0 Å². The lowest BCUT2D eigenvalue weighted by Gasteiger charge is -2.15. The molecule has 0 unspecified atom stereocenters. The Morgan fingerprint density at radius 3 is 2.64 bits per heavy atom. The fraction of sp³-hybridized carbons (Fsp3) is 0.263. The second-order valence-electron chi connectivity index (χ2n) is 5.65. The Morgan fingerprint density at radius 1 is 1.24 bits per heavy atom. The van der Waals surface area contributed by atoms with Crippen molar-refractivity contribution in [2.45, 2.75) is 26.2 Å². The Balaban J connectivity index is 1.98. The number of ether oxygens (including phenoxy) is 1. The highest BCUT2D eigenvalue weighted by Crippen LogP contribution is 2.26. The summed E-state index contributed by atoms with van der Waals surface area (Å²) in [5.41, 5.74) is 1.90. The number of hydrogen-bond donors (Lipinski definition) is 1. The molecule has 0 aromatic heterocycles. The van der Waals surface area contributed by atoms with Gasteiger partial charge in [0.1, 0.15) is 5.82 Å². The van der Waals surface area contributed by atoms with E-state index in [1.807, 2.05) is 24.3 Å². The average molecular weight is 408 g/mol. The van der Waals surface area contributed by atoms with Crippen molar-refractivity contribution in [1.29, 1.82) is 0 Å². The maximum Gasteiger partial charge on any atom is 0.339 e. The first-order valence-corrected chi connectivity index (χ1v) is 8.72. The molecule has 2 aromatic rings. The largest absolute Gasteiger partial charge is 0.452 e. The summed E-state index contributed by atoms with van der Waals surface area (Å²) in [4.78, 5) is 24.1. The van der Waals surface area contributed by atoms with Crippen LogP contribution in [-0.2, 0) is 9.53 Å². The Morgan fingerprint density at radius 2 is 1.96 bits per heavy atom. The Bertz CT molecular complexity index is 779. The lowest BCUT2D eigenvalue weighted by atomic mass is 9.97. The van der Waals surface area contributed by atoms with Crippen LogP contribution in [0, 0.1) is 5.82 Å². The van der Waals surface area contributed by atoms with Gasteiger partial charge in [0, 0.05) is 10.2 Å². The molecule has 2 aromatic carbocycles. The molecular weight excluding hydrogens is 389 g/mol. The summed E-state index contributed by atoms with van der Waals surface area (Å²) < 4.78 is 18.3. The van der Waals surface area contributed by atoms with Crippen LogP contribution in [0.25, 0.3) is 0 Å². The number of rotatable bonds is 6. The first kappa shape index (κ1) is 19.1. The third kappa shape index (κ3) is 5.13. The van der Waals surface area contributed by atoms with Gasteiger partial charge in [-0.1, -0.05) is 32.0 Å². The predicted octanol–water partition coefficient (Wildman–Crippen LogP) is 4.90. The molecule has 0 spiro atoms. The molecule has 0 radical (unpaired) electrons. The van der Waals surface area contributed by atoms with Crippen molar-refractivity contribution in [3.63, 3.8) is 0 Å². The van der Waals surface area contributed by atoms with Crippen LogP contribution in [-0.4, -0.2) is 18.5 Å². The fourth-order valence-electron chi connectivity index (χ4n) is 2.31. The summed E-state index contributed by atoms with van der Waals surface area (Å²) in [5.74, 6) is -1.29. The number of amides is 1. The van der Waals surface area contributed by atoms with E-state index in [-0.39, 0.29) is 10.0 Å².